The molecule has 0 spiro atoms. The highest BCUT2D eigenvalue weighted by molar-refractivity contribution is 5.93. The molecule has 2 aromatic rings. The van der Waals surface area contributed by atoms with Crippen molar-refractivity contribution >= 4 is 11.9 Å². The maximum absolute atomic E-state index is 12.2. The number of aryl methyl sites for hydroxylation is 1. The minimum atomic E-state index is -0.861. The average molecular weight is 285 g/mol. The number of nitrogens with zero attached hydrogens (tertiary/aromatic N) is 2. The van der Waals surface area contributed by atoms with Crippen LogP contribution in [-0.4, -0.2) is 26.8 Å². The molecular formula is C15H15N3O3. The van der Waals surface area contributed by atoms with Crippen LogP contribution >= 0.6 is 0 Å². The number of hydrogen-bond donors (Lipinski definition) is 2. The van der Waals surface area contributed by atoms with Gasteiger partial charge in [-0.15, -0.1) is 0 Å². The Hall–Kier alpha value is -2.63. The lowest BCUT2D eigenvalue weighted by molar-refractivity contribution is -0.138. The second kappa shape index (κ2) is 5.05. The first-order valence-corrected chi connectivity index (χ1v) is 6.68. The highest BCUT2D eigenvalue weighted by Gasteiger charge is 2.36. The molecule has 21 heavy (non-hydrogen) atoms. The monoisotopic (exact) mass is 285 g/mol. The Morgan fingerprint density at radius 1 is 1.29 bits per heavy atom. The minimum Gasteiger partial charge on any atom is -0.481 e. The first-order chi connectivity index (χ1) is 10.1. The Labute approximate surface area is 121 Å². The van der Waals surface area contributed by atoms with Gasteiger partial charge in [0.25, 0.3) is 5.91 Å². The van der Waals surface area contributed by atoms with Gasteiger partial charge in [0, 0.05) is 13.2 Å². The molecule has 0 aliphatic heterocycles. The molecule has 6 heteroatoms. The lowest BCUT2D eigenvalue weighted by atomic mass is 10.0. The number of hydrogen-bond acceptors (Lipinski definition) is 3. The average Bonchev–Trinajstić information content (AvgIpc) is 3.03. The Morgan fingerprint density at radius 2 is 2.00 bits per heavy atom. The first kappa shape index (κ1) is 13.4. The highest BCUT2D eigenvalue weighted by atomic mass is 16.4. The summed E-state index contributed by atoms with van der Waals surface area (Å²) in [4.78, 5) is 23.6. The van der Waals surface area contributed by atoms with Gasteiger partial charge in [-0.1, -0.05) is 24.3 Å². The molecule has 6 nitrogen and oxygen atoms in total. The summed E-state index contributed by atoms with van der Waals surface area (Å²) < 4.78 is 1.49. The third kappa shape index (κ3) is 2.29. The Morgan fingerprint density at radius 3 is 2.62 bits per heavy atom. The zero-order valence-electron chi connectivity index (χ0n) is 11.5. The molecule has 1 aromatic carbocycles. The number of aromatic nitrogens is 2. The number of carbonyl (C=O) groups is 2. The standard InChI is InChI=1S/C15H15N3O3/c1-18-13(6-7-16-18)14(19)17-12-8-11(15(20)21)9-4-2-3-5-10(9)12/h2-7,11-12H,8H2,1H3,(H,17,19)(H,20,21). The molecular weight excluding hydrogens is 270 g/mol. The number of benzene rings is 1. The summed E-state index contributed by atoms with van der Waals surface area (Å²) >= 11 is 0. The van der Waals surface area contributed by atoms with Crippen LogP contribution in [0.3, 0.4) is 0 Å². The van der Waals surface area contributed by atoms with E-state index < -0.39 is 11.9 Å². The zero-order valence-corrected chi connectivity index (χ0v) is 11.5. The van der Waals surface area contributed by atoms with Crippen molar-refractivity contribution in [2.45, 2.75) is 18.4 Å². The first-order valence-electron chi connectivity index (χ1n) is 6.68. The number of carboxylic acids is 1. The summed E-state index contributed by atoms with van der Waals surface area (Å²) in [7, 11) is 1.69. The van der Waals surface area contributed by atoms with Crippen molar-refractivity contribution in [3.63, 3.8) is 0 Å². The van der Waals surface area contributed by atoms with Crippen molar-refractivity contribution in [3.8, 4) is 0 Å². The van der Waals surface area contributed by atoms with E-state index in [9.17, 15) is 14.7 Å². The molecule has 0 saturated heterocycles. The maximum atomic E-state index is 12.2. The number of carbonyl (C=O) groups excluding carboxylic acids is 1. The predicted molar refractivity (Wildman–Crippen MR) is 74.9 cm³/mol. The fourth-order valence-electron chi connectivity index (χ4n) is 2.83. The third-order valence-corrected chi connectivity index (χ3v) is 3.88. The quantitative estimate of drug-likeness (QED) is 0.894. The van der Waals surface area contributed by atoms with Crippen LogP contribution in [0.5, 0.6) is 0 Å². The summed E-state index contributed by atoms with van der Waals surface area (Å²) in [6.45, 7) is 0. The van der Waals surface area contributed by atoms with E-state index in [2.05, 4.69) is 10.4 Å². The molecule has 0 fully saturated rings. The van der Waals surface area contributed by atoms with E-state index in [1.807, 2.05) is 24.3 Å². The molecule has 1 amide bonds. The second-order valence-corrected chi connectivity index (χ2v) is 5.12. The van der Waals surface area contributed by atoms with Crippen molar-refractivity contribution in [1.82, 2.24) is 15.1 Å². The molecule has 2 N–H and O–H groups in total. The lowest BCUT2D eigenvalue weighted by Crippen LogP contribution is -2.29. The molecule has 1 heterocycles. The van der Waals surface area contributed by atoms with E-state index in [0.717, 1.165) is 11.1 Å². The molecule has 3 rings (SSSR count). The van der Waals surface area contributed by atoms with E-state index in [4.69, 9.17) is 0 Å². The van der Waals surface area contributed by atoms with Gasteiger partial charge in [-0.2, -0.15) is 5.10 Å². The Bertz CT molecular complexity index is 708. The van der Waals surface area contributed by atoms with Gasteiger partial charge in [0.15, 0.2) is 0 Å². The van der Waals surface area contributed by atoms with E-state index in [1.165, 1.54) is 4.68 Å². The van der Waals surface area contributed by atoms with Gasteiger partial charge >= 0.3 is 5.97 Å². The van der Waals surface area contributed by atoms with Crippen LogP contribution in [0.15, 0.2) is 36.5 Å². The van der Waals surface area contributed by atoms with E-state index in [1.54, 1.807) is 19.3 Å². The zero-order chi connectivity index (χ0) is 15.0. The van der Waals surface area contributed by atoms with Gasteiger partial charge in [0.2, 0.25) is 0 Å². The van der Waals surface area contributed by atoms with Crippen molar-refractivity contribution in [2.24, 2.45) is 7.05 Å². The molecule has 1 aliphatic rings. The van der Waals surface area contributed by atoms with Crippen LogP contribution in [-0.2, 0) is 11.8 Å². The van der Waals surface area contributed by atoms with Crippen molar-refractivity contribution < 1.29 is 14.7 Å². The Balaban J connectivity index is 1.86. The van der Waals surface area contributed by atoms with Gasteiger partial charge in [-0.3, -0.25) is 14.3 Å². The maximum Gasteiger partial charge on any atom is 0.311 e. The van der Waals surface area contributed by atoms with Crippen LogP contribution < -0.4 is 5.32 Å². The van der Waals surface area contributed by atoms with E-state index in [0.29, 0.717) is 12.1 Å². The van der Waals surface area contributed by atoms with Crippen LogP contribution in [0.1, 0.15) is 40.0 Å². The normalized spacial score (nSPS) is 20.0. The van der Waals surface area contributed by atoms with Crippen LogP contribution in [0.4, 0.5) is 0 Å². The fourth-order valence-corrected chi connectivity index (χ4v) is 2.83. The third-order valence-electron chi connectivity index (χ3n) is 3.88. The molecule has 2 unspecified atom stereocenters. The molecule has 1 aliphatic carbocycles. The number of amides is 1. The number of carboxylic acid groups (broad SMARTS) is 1. The van der Waals surface area contributed by atoms with Gasteiger partial charge < -0.3 is 10.4 Å². The van der Waals surface area contributed by atoms with Crippen molar-refractivity contribution in [1.29, 1.82) is 0 Å². The number of fused-ring (bicyclic) bond motifs is 1. The Kier molecular flexibility index (Phi) is 3.21. The van der Waals surface area contributed by atoms with Gasteiger partial charge in [-0.05, 0) is 23.6 Å². The number of nitrogens with one attached hydrogen (secondary N) is 1. The van der Waals surface area contributed by atoms with Gasteiger partial charge in [0.05, 0.1) is 12.0 Å². The van der Waals surface area contributed by atoms with Crippen LogP contribution in [0.2, 0.25) is 0 Å². The smallest absolute Gasteiger partial charge is 0.311 e. The summed E-state index contributed by atoms with van der Waals surface area (Å²) in [6.07, 6.45) is 1.93. The summed E-state index contributed by atoms with van der Waals surface area (Å²) in [5.41, 5.74) is 2.10. The van der Waals surface area contributed by atoms with Crippen LogP contribution in [0.25, 0.3) is 0 Å². The summed E-state index contributed by atoms with van der Waals surface area (Å²) in [5.74, 6) is -1.68. The lowest BCUT2D eigenvalue weighted by Gasteiger charge is -2.14. The molecule has 0 bridgehead atoms. The van der Waals surface area contributed by atoms with Gasteiger partial charge in [-0.25, -0.2) is 0 Å². The SMILES string of the molecule is Cn1nccc1C(=O)NC1CC(C(=O)O)c2ccccc21. The topological polar surface area (TPSA) is 84.2 Å². The second-order valence-electron chi connectivity index (χ2n) is 5.12. The molecule has 0 radical (unpaired) electrons. The molecule has 0 saturated carbocycles. The van der Waals surface area contributed by atoms with Gasteiger partial charge in [0.1, 0.15) is 5.69 Å². The molecule has 108 valence electrons. The van der Waals surface area contributed by atoms with Crippen molar-refractivity contribution in [3.05, 3.63) is 53.3 Å². The largest absolute Gasteiger partial charge is 0.481 e. The minimum absolute atomic E-state index is 0.249. The van der Waals surface area contributed by atoms with Crippen molar-refractivity contribution in [2.75, 3.05) is 0 Å². The number of aliphatic carboxylic acids is 1. The highest BCUT2D eigenvalue weighted by Crippen LogP contribution is 2.40. The predicted octanol–water partition coefficient (Wildman–Crippen LogP) is 1.46. The fraction of sp³-hybridized carbons (Fsp3) is 0.267. The van der Waals surface area contributed by atoms with E-state index in [-0.39, 0.29) is 11.9 Å². The molecule has 2 atom stereocenters. The molecule has 1 aromatic heterocycles. The number of rotatable bonds is 3. The van der Waals surface area contributed by atoms with Crippen LogP contribution in [0, 0.1) is 0 Å². The summed E-state index contributed by atoms with van der Waals surface area (Å²) in [6, 6.07) is 8.69. The summed E-state index contributed by atoms with van der Waals surface area (Å²) in [5, 5.41) is 16.2. The van der Waals surface area contributed by atoms with E-state index >= 15 is 0 Å².